The van der Waals surface area contributed by atoms with Gasteiger partial charge in [0.15, 0.2) is 0 Å². The molecule has 1 amide bonds. The fourth-order valence-corrected chi connectivity index (χ4v) is 1.44. The van der Waals surface area contributed by atoms with Crippen molar-refractivity contribution in [1.82, 2.24) is 10.3 Å². The van der Waals surface area contributed by atoms with Crippen LogP contribution >= 0.6 is 0 Å². The van der Waals surface area contributed by atoms with E-state index in [-0.39, 0.29) is 5.91 Å². The molecule has 1 aromatic rings. The van der Waals surface area contributed by atoms with Crippen LogP contribution in [-0.2, 0) is 11.3 Å². The highest BCUT2D eigenvalue weighted by atomic mass is 16.2. The van der Waals surface area contributed by atoms with Gasteiger partial charge < -0.3 is 11.1 Å². The standard InChI is InChI=1S/C12H19N3O/c1-3-4-11(13)12(16)15-8-10-7-14-6-5-9(10)2/h5-7,11H,3-4,8,13H2,1-2H3,(H,15,16)/t11-/m1/s1. The Labute approximate surface area is 96.3 Å². The van der Waals surface area contributed by atoms with E-state index in [1.165, 1.54) is 0 Å². The monoisotopic (exact) mass is 221 g/mol. The molecule has 0 aromatic carbocycles. The Morgan fingerprint density at radius 1 is 1.62 bits per heavy atom. The fraction of sp³-hybridized carbons (Fsp3) is 0.500. The third-order valence-corrected chi connectivity index (χ3v) is 2.54. The molecule has 0 aliphatic rings. The van der Waals surface area contributed by atoms with E-state index in [4.69, 9.17) is 5.73 Å². The molecule has 0 fully saturated rings. The largest absolute Gasteiger partial charge is 0.351 e. The average Bonchev–Trinajstić information content (AvgIpc) is 2.28. The third-order valence-electron chi connectivity index (χ3n) is 2.54. The van der Waals surface area contributed by atoms with E-state index in [0.29, 0.717) is 6.54 Å². The number of aryl methyl sites for hydroxylation is 1. The molecule has 0 aliphatic carbocycles. The molecule has 1 atom stereocenters. The minimum atomic E-state index is -0.401. The molecule has 1 rings (SSSR count). The molecule has 4 heteroatoms. The van der Waals surface area contributed by atoms with Crippen LogP contribution in [0.2, 0.25) is 0 Å². The van der Waals surface area contributed by atoms with Gasteiger partial charge in [0.05, 0.1) is 6.04 Å². The van der Waals surface area contributed by atoms with Gasteiger partial charge in [-0.05, 0) is 30.5 Å². The van der Waals surface area contributed by atoms with E-state index in [0.717, 1.165) is 24.0 Å². The SMILES string of the molecule is CCC[C@@H](N)C(=O)NCc1cnccc1C. The summed E-state index contributed by atoms with van der Waals surface area (Å²) in [5.41, 5.74) is 7.85. The molecule has 0 saturated heterocycles. The normalized spacial score (nSPS) is 12.2. The second-order valence-electron chi connectivity index (χ2n) is 3.92. The molecular weight excluding hydrogens is 202 g/mol. The highest BCUT2D eigenvalue weighted by molar-refractivity contribution is 5.81. The molecule has 1 heterocycles. The van der Waals surface area contributed by atoms with Crippen LogP contribution in [0.25, 0.3) is 0 Å². The summed E-state index contributed by atoms with van der Waals surface area (Å²) < 4.78 is 0. The molecule has 0 unspecified atom stereocenters. The molecule has 0 radical (unpaired) electrons. The van der Waals surface area contributed by atoms with Gasteiger partial charge in [0.25, 0.3) is 0 Å². The Kier molecular flexibility index (Phi) is 4.92. The molecule has 4 nitrogen and oxygen atoms in total. The molecule has 0 saturated carbocycles. The van der Waals surface area contributed by atoms with Crippen LogP contribution in [-0.4, -0.2) is 16.9 Å². The second-order valence-corrected chi connectivity index (χ2v) is 3.92. The number of pyridine rings is 1. The van der Waals surface area contributed by atoms with E-state index in [1.54, 1.807) is 12.4 Å². The van der Waals surface area contributed by atoms with Crippen molar-refractivity contribution in [2.75, 3.05) is 0 Å². The Morgan fingerprint density at radius 2 is 2.38 bits per heavy atom. The van der Waals surface area contributed by atoms with Crippen LogP contribution in [0, 0.1) is 6.92 Å². The summed E-state index contributed by atoms with van der Waals surface area (Å²) in [6, 6.07) is 1.52. The van der Waals surface area contributed by atoms with Gasteiger partial charge in [-0.1, -0.05) is 13.3 Å². The van der Waals surface area contributed by atoms with Crippen LogP contribution < -0.4 is 11.1 Å². The third kappa shape index (κ3) is 3.62. The van der Waals surface area contributed by atoms with E-state index < -0.39 is 6.04 Å². The number of rotatable bonds is 5. The van der Waals surface area contributed by atoms with Gasteiger partial charge in [-0.3, -0.25) is 9.78 Å². The predicted octanol–water partition coefficient (Wildman–Crippen LogP) is 1.13. The molecule has 0 bridgehead atoms. The van der Waals surface area contributed by atoms with Crippen molar-refractivity contribution in [3.05, 3.63) is 29.6 Å². The average molecular weight is 221 g/mol. The number of aromatic nitrogens is 1. The van der Waals surface area contributed by atoms with Crippen molar-refractivity contribution in [3.63, 3.8) is 0 Å². The maximum absolute atomic E-state index is 11.6. The minimum absolute atomic E-state index is 0.0925. The Hall–Kier alpha value is -1.42. The van der Waals surface area contributed by atoms with Gasteiger partial charge in [0.2, 0.25) is 5.91 Å². The smallest absolute Gasteiger partial charge is 0.237 e. The zero-order chi connectivity index (χ0) is 12.0. The van der Waals surface area contributed by atoms with Crippen molar-refractivity contribution < 1.29 is 4.79 Å². The van der Waals surface area contributed by atoms with Crippen molar-refractivity contribution >= 4 is 5.91 Å². The Bertz CT molecular complexity index is 352. The van der Waals surface area contributed by atoms with Crippen LogP contribution in [0.5, 0.6) is 0 Å². The van der Waals surface area contributed by atoms with Crippen LogP contribution in [0.15, 0.2) is 18.5 Å². The lowest BCUT2D eigenvalue weighted by Crippen LogP contribution is -2.40. The summed E-state index contributed by atoms with van der Waals surface area (Å²) in [4.78, 5) is 15.6. The number of hydrogen-bond acceptors (Lipinski definition) is 3. The Balaban J connectivity index is 2.46. The van der Waals surface area contributed by atoms with Gasteiger partial charge in [0.1, 0.15) is 0 Å². The van der Waals surface area contributed by atoms with Gasteiger partial charge in [-0.25, -0.2) is 0 Å². The highest BCUT2D eigenvalue weighted by Crippen LogP contribution is 2.04. The number of hydrogen-bond donors (Lipinski definition) is 2. The van der Waals surface area contributed by atoms with Crippen molar-refractivity contribution in [3.8, 4) is 0 Å². The van der Waals surface area contributed by atoms with Crippen molar-refractivity contribution in [1.29, 1.82) is 0 Å². The fourth-order valence-electron chi connectivity index (χ4n) is 1.44. The maximum Gasteiger partial charge on any atom is 0.237 e. The van der Waals surface area contributed by atoms with Gasteiger partial charge in [-0.15, -0.1) is 0 Å². The topological polar surface area (TPSA) is 68.0 Å². The lowest BCUT2D eigenvalue weighted by Gasteiger charge is -2.11. The summed E-state index contributed by atoms with van der Waals surface area (Å²) in [7, 11) is 0. The minimum Gasteiger partial charge on any atom is -0.351 e. The molecule has 1 aromatic heterocycles. The van der Waals surface area contributed by atoms with Crippen LogP contribution in [0.1, 0.15) is 30.9 Å². The molecule has 3 N–H and O–H groups in total. The molecule has 16 heavy (non-hydrogen) atoms. The lowest BCUT2D eigenvalue weighted by atomic mass is 10.1. The zero-order valence-electron chi connectivity index (χ0n) is 9.86. The quantitative estimate of drug-likeness (QED) is 0.783. The van der Waals surface area contributed by atoms with Gasteiger partial charge in [-0.2, -0.15) is 0 Å². The van der Waals surface area contributed by atoms with E-state index in [9.17, 15) is 4.79 Å². The lowest BCUT2D eigenvalue weighted by molar-refractivity contribution is -0.122. The summed E-state index contributed by atoms with van der Waals surface area (Å²) >= 11 is 0. The first kappa shape index (κ1) is 12.6. The number of amides is 1. The maximum atomic E-state index is 11.6. The summed E-state index contributed by atoms with van der Waals surface area (Å²) in [6.07, 6.45) is 5.14. The Morgan fingerprint density at radius 3 is 3.00 bits per heavy atom. The molecule has 88 valence electrons. The molecule has 0 spiro atoms. The first-order chi connectivity index (χ1) is 7.65. The highest BCUT2D eigenvalue weighted by Gasteiger charge is 2.11. The van der Waals surface area contributed by atoms with E-state index in [2.05, 4.69) is 10.3 Å². The first-order valence-electron chi connectivity index (χ1n) is 5.58. The van der Waals surface area contributed by atoms with Crippen LogP contribution in [0.4, 0.5) is 0 Å². The van der Waals surface area contributed by atoms with Crippen LogP contribution in [0.3, 0.4) is 0 Å². The van der Waals surface area contributed by atoms with Gasteiger partial charge in [0, 0.05) is 18.9 Å². The number of carbonyl (C=O) groups is 1. The molecular formula is C12H19N3O. The van der Waals surface area contributed by atoms with Crippen molar-refractivity contribution in [2.45, 2.75) is 39.3 Å². The number of nitrogens with one attached hydrogen (secondary N) is 1. The van der Waals surface area contributed by atoms with E-state index in [1.807, 2.05) is 19.9 Å². The summed E-state index contributed by atoms with van der Waals surface area (Å²) in [5.74, 6) is -0.0925. The zero-order valence-corrected chi connectivity index (χ0v) is 9.86. The van der Waals surface area contributed by atoms with Gasteiger partial charge >= 0.3 is 0 Å². The number of carbonyl (C=O) groups excluding carboxylic acids is 1. The number of nitrogens with two attached hydrogens (primary N) is 1. The second kappa shape index (κ2) is 6.23. The van der Waals surface area contributed by atoms with E-state index >= 15 is 0 Å². The van der Waals surface area contributed by atoms with Crippen molar-refractivity contribution in [2.24, 2.45) is 5.73 Å². The summed E-state index contributed by atoms with van der Waals surface area (Å²) in [5, 5.41) is 2.82. The predicted molar refractivity (Wildman–Crippen MR) is 63.7 cm³/mol. The molecule has 0 aliphatic heterocycles. The first-order valence-corrected chi connectivity index (χ1v) is 5.58. The summed E-state index contributed by atoms with van der Waals surface area (Å²) in [6.45, 7) is 4.50. The number of nitrogens with zero attached hydrogens (tertiary/aromatic N) is 1.